The molecule has 1 aliphatic heterocycles. The van der Waals surface area contributed by atoms with Crippen LogP contribution in [0.2, 0.25) is 5.02 Å². The Hall–Kier alpha value is -2.94. The highest BCUT2D eigenvalue weighted by Crippen LogP contribution is 2.41. The molecule has 5 rings (SSSR count). The molecule has 2 aliphatic rings. The molecule has 2 aromatic heterocycles. The van der Waals surface area contributed by atoms with Crippen LogP contribution in [0.4, 0.5) is 4.79 Å². The molecule has 3 heterocycles. The first kappa shape index (κ1) is 24.7. The van der Waals surface area contributed by atoms with Gasteiger partial charge in [0.15, 0.2) is 11.6 Å². The third-order valence-electron chi connectivity index (χ3n) is 6.79. The van der Waals surface area contributed by atoms with Gasteiger partial charge in [0.2, 0.25) is 5.89 Å². The fraction of sp³-hybridized carbons (Fsp3) is 0.577. The number of aromatic nitrogens is 5. The van der Waals surface area contributed by atoms with Crippen molar-refractivity contribution in [3.63, 3.8) is 0 Å². The predicted molar refractivity (Wildman–Crippen MR) is 134 cm³/mol. The first-order chi connectivity index (χ1) is 17.1. The summed E-state index contributed by atoms with van der Waals surface area (Å²) in [6.45, 7) is 10.4. The Morgan fingerprint density at radius 3 is 2.50 bits per heavy atom. The van der Waals surface area contributed by atoms with E-state index < -0.39 is 5.60 Å². The largest absolute Gasteiger partial charge is 0.444 e. The van der Waals surface area contributed by atoms with E-state index in [0.717, 1.165) is 54.4 Å². The lowest BCUT2D eigenvalue weighted by Gasteiger charge is -2.26. The molecule has 1 saturated carbocycles. The minimum atomic E-state index is -0.591. The Labute approximate surface area is 216 Å². The maximum absolute atomic E-state index is 13.0. The van der Waals surface area contributed by atoms with Crippen LogP contribution in [0.25, 0.3) is 5.69 Å². The molecule has 1 aromatic carbocycles. The van der Waals surface area contributed by atoms with Gasteiger partial charge in [-0.15, -0.1) is 10.2 Å². The third kappa shape index (κ3) is 4.98. The number of hydrogen-bond acceptors (Lipinski definition) is 7. The monoisotopic (exact) mass is 512 g/mol. The maximum Gasteiger partial charge on any atom is 0.411 e. The Bertz CT molecular complexity index is 1250. The number of hydrogen-bond donors (Lipinski definition) is 0. The van der Waals surface area contributed by atoms with Crippen molar-refractivity contribution in [1.82, 2.24) is 29.8 Å². The number of nitrogens with zero attached hydrogens (tertiary/aromatic N) is 6. The summed E-state index contributed by atoms with van der Waals surface area (Å²) >= 11 is 6.35. The third-order valence-corrected chi connectivity index (χ3v) is 7.03. The van der Waals surface area contributed by atoms with Gasteiger partial charge < -0.3 is 9.26 Å². The number of benzene rings is 1. The average molecular weight is 513 g/mol. The van der Waals surface area contributed by atoms with Crippen LogP contribution in [0.1, 0.15) is 107 Å². The van der Waals surface area contributed by atoms with Gasteiger partial charge in [0.05, 0.1) is 18.8 Å². The summed E-state index contributed by atoms with van der Waals surface area (Å²) in [6, 6.07) is 5.77. The van der Waals surface area contributed by atoms with E-state index in [1.54, 1.807) is 4.90 Å². The van der Waals surface area contributed by atoms with Crippen LogP contribution in [-0.4, -0.2) is 41.5 Å². The fourth-order valence-electron chi connectivity index (χ4n) is 5.00. The molecule has 1 amide bonds. The minimum Gasteiger partial charge on any atom is -0.444 e. The number of amides is 1. The van der Waals surface area contributed by atoms with Crippen molar-refractivity contribution in [2.75, 3.05) is 0 Å². The molecule has 10 heteroatoms. The molecule has 0 unspecified atom stereocenters. The quantitative estimate of drug-likeness (QED) is 0.416. The van der Waals surface area contributed by atoms with Crippen molar-refractivity contribution >= 4 is 17.7 Å². The Morgan fingerprint density at radius 2 is 1.83 bits per heavy atom. The van der Waals surface area contributed by atoms with Crippen molar-refractivity contribution in [2.45, 2.75) is 96.7 Å². The summed E-state index contributed by atoms with van der Waals surface area (Å²) in [7, 11) is 0. The van der Waals surface area contributed by atoms with E-state index >= 15 is 0 Å². The second-order valence-corrected chi connectivity index (χ2v) is 11.5. The number of rotatable bonds is 3. The highest BCUT2D eigenvalue weighted by molar-refractivity contribution is 6.30. The van der Waals surface area contributed by atoms with Crippen LogP contribution in [0, 0.1) is 0 Å². The van der Waals surface area contributed by atoms with E-state index in [2.05, 4.69) is 38.8 Å². The smallest absolute Gasteiger partial charge is 0.411 e. The van der Waals surface area contributed by atoms with Crippen LogP contribution in [0.15, 0.2) is 22.7 Å². The van der Waals surface area contributed by atoms with Gasteiger partial charge in [0, 0.05) is 22.8 Å². The maximum atomic E-state index is 13.0. The van der Waals surface area contributed by atoms with Crippen LogP contribution < -0.4 is 0 Å². The van der Waals surface area contributed by atoms with Gasteiger partial charge in [-0.25, -0.2) is 4.79 Å². The Morgan fingerprint density at radius 1 is 1.11 bits per heavy atom. The highest BCUT2D eigenvalue weighted by Gasteiger charge is 2.34. The molecule has 3 aromatic rings. The number of ether oxygens (including phenoxy) is 1. The second-order valence-electron chi connectivity index (χ2n) is 11.1. The molecule has 192 valence electrons. The van der Waals surface area contributed by atoms with E-state index in [1.165, 1.54) is 0 Å². The first-order valence-corrected chi connectivity index (χ1v) is 13.0. The lowest BCUT2D eigenvalue weighted by Crippen LogP contribution is -2.35. The average Bonchev–Trinajstić information content (AvgIpc) is 3.43. The van der Waals surface area contributed by atoms with E-state index in [-0.39, 0.29) is 23.8 Å². The zero-order valence-electron chi connectivity index (χ0n) is 21.5. The molecular formula is C26H33ClN6O3. The molecule has 9 nitrogen and oxygen atoms in total. The van der Waals surface area contributed by atoms with E-state index in [4.69, 9.17) is 20.9 Å². The van der Waals surface area contributed by atoms with Gasteiger partial charge in [-0.3, -0.25) is 9.47 Å². The summed E-state index contributed by atoms with van der Waals surface area (Å²) in [4.78, 5) is 19.3. The van der Waals surface area contributed by atoms with Crippen molar-refractivity contribution in [3.8, 4) is 5.69 Å². The topological polar surface area (TPSA) is 99.2 Å². The molecule has 0 saturated heterocycles. The molecule has 0 spiro atoms. The predicted octanol–water partition coefficient (Wildman–Crippen LogP) is 6.12. The number of carbonyl (C=O) groups excluding carboxylic acids is 1. The van der Waals surface area contributed by atoms with E-state index in [1.807, 2.05) is 39.0 Å². The molecule has 0 radical (unpaired) electrons. The van der Waals surface area contributed by atoms with Crippen molar-refractivity contribution in [3.05, 3.63) is 52.1 Å². The van der Waals surface area contributed by atoms with Crippen LogP contribution >= 0.6 is 11.6 Å². The van der Waals surface area contributed by atoms with E-state index in [9.17, 15) is 4.79 Å². The number of fused-ring (bicyclic) bond motifs is 3. The Balaban J connectivity index is 1.41. The second kappa shape index (κ2) is 9.50. The van der Waals surface area contributed by atoms with Gasteiger partial charge in [0.1, 0.15) is 11.4 Å². The van der Waals surface area contributed by atoms with Gasteiger partial charge in [-0.2, -0.15) is 4.98 Å². The SMILES string of the molecule is CC(C)c1nc([C@H]2CC[C@@H](c3nnc4n3-c3ccc(Cl)cc3CN(C(=O)OC(C)(C)C)C4)CC2)no1. The molecule has 36 heavy (non-hydrogen) atoms. The molecule has 1 aliphatic carbocycles. The van der Waals surface area contributed by atoms with Gasteiger partial charge in [-0.1, -0.05) is 30.6 Å². The molecule has 0 atom stereocenters. The molecular weight excluding hydrogens is 480 g/mol. The normalized spacial score (nSPS) is 20.1. The van der Waals surface area contributed by atoms with Gasteiger partial charge in [0.25, 0.3) is 0 Å². The fourth-order valence-corrected chi connectivity index (χ4v) is 5.20. The van der Waals surface area contributed by atoms with Crippen molar-refractivity contribution in [1.29, 1.82) is 0 Å². The van der Waals surface area contributed by atoms with Gasteiger partial charge in [-0.05, 0) is 70.2 Å². The van der Waals surface area contributed by atoms with E-state index in [0.29, 0.717) is 24.0 Å². The minimum absolute atomic E-state index is 0.225. The zero-order valence-corrected chi connectivity index (χ0v) is 22.2. The number of carbonyl (C=O) groups is 1. The summed E-state index contributed by atoms with van der Waals surface area (Å²) in [5, 5.41) is 14.0. The molecule has 0 bridgehead atoms. The summed E-state index contributed by atoms with van der Waals surface area (Å²) in [5.74, 6) is 3.91. The van der Waals surface area contributed by atoms with Crippen LogP contribution in [-0.2, 0) is 17.8 Å². The zero-order chi connectivity index (χ0) is 25.6. The molecule has 0 N–H and O–H groups in total. The molecule has 1 fully saturated rings. The van der Waals surface area contributed by atoms with Crippen LogP contribution in [0.3, 0.4) is 0 Å². The lowest BCUT2D eigenvalue weighted by molar-refractivity contribution is 0.0214. The van der Waals surface area contributed by atoms with Gasteiger partial charge >= 0.3 is 6.09 Å². The Kier molecular flexibility index (Phi) is 6.53. The first-order valence-electron chi connectivity index (χ1n) is 12.6. The highest BCUT2D eigenvalue weighted by atomic mass is 35.5. The van der Waals surface area contributed by atoms with Crippen LogP contribution in [0.5, 0.6) is 0 Å². The standard InChI is InChI=1S/C26H33ClN6O3/c1-15(2)24-28-22(31-36-24)16-6-8-17(9-7-16)23-30-29-21-14-32(25(34)35-26(3,4)5)13-18-12-19(27)10-11-20(18)33(21)23/h10-12,15-17H,6-9,13-14H2,1-5H3/t16-,17+. The summed E-state index contributed by atoms with van der Waals surface area (Å²) in [6.07, 6.45) is 3.44. The number of halogens is 1. The lowest BCUT2D eigenvalue weighted by atomic mass is 9.81. The van der Waals surface area contributed by atoms with Crippen molar-refractivity contribution in [2.24, 2.45) is 0 Å². The van der Waals surface area contributed by atoms with Crippen molar-refractivity contribution < 1.29 is 14.1 Å². The summed E-state index contributed by atoms with van der Waals surface area (Å²) in [5.41, 5.74) is 1.31. The summed E-state index contributed by atoms with van der Waals surface area (Å²) < 4.78 is 13.2.